The van der Waals surface area contributed by atoms with Crippen molar-refractivity contribution in [2.45, 2.75) is 0 Å². The molecular weight excluding hydrogens is 302 g/mol. The van der Waals surface area contributed by atoms with E-state index >= 15 is 0 Å². The molecule has 0 spiro atoms. The number of non-ortho nitro benzene ring substituents is 1. The number of nitro benzene ring substituents is 1. The number of nitrogens with zero attached hydrogens (tertiary/aromatic N) is 2. The first-order chi connectivity index (χ1) is 11.1. The van der Waals surface area contributed by atoms with Gasteiger partial charge < -0.3 is 9.47 Å². The molecule has 0 fully saturated rings. The van der Waals surface area contributed by atoms with E-state index < -0.39 is 10.8 Å². The average molecular weight is 313 g/mol. The van der Waals surface area contributed by atoms with Crippen LogP contribution in [0, 0.1) is 10.1 Å². The highest BCUT2D eigenvalue weighted by Gasteiger charge is 2.13. The lowest BCUT2D eigenvalue weighted by atomic mass is 10.2. The van der Waals surface area contributed by atoms with E-state index in [0.29, 0.717) is 17.1 Å². The monoisotopic (exact) mass is 313 g/mol. The van der Waals surface area contributed by atoms with Gasteiger partial charge in [-0.05, 0) is 29.8 Å². The molecule has 1 N–H and O–H groups in total. The van der Waals surface area contributed by atoms with Crippen molar-refractivity contribution in [1.29, 1.82) is 0 Å². The summed E-state index contributed by atoms with van der Waals surface area (Å²) in [5.41, 5.74) is 3.03. The second kappa shape index (κ2) is 6.14. The van der Waals surface area contributed by atoms with E-state index in [-0.39, 0.29) is 18.0 Å². The highest BCUT2D eigenvalue weighted by Crippen LogP contribution is 2.31. The summed E-state index contributed by atoms with van der Waals surface area (Å²) < 4.78 is 10.4. The fourth-order valence-electron chi connectivity index (χ4n) is 1.98. The first kappa shape index (κ1) is 14.5. The standard InChI is InChI=1S/C15H11N3O5/c19-15(11-2-1-3-12(7-11)18(20)21)17-16-8-10-4-5-13-14(6-10)23-9-22-13/h1-8H,9H2,(H,17,19)/b16-8-. The Balaban J connectivity index is 1.67. The molecule has 0 radical (unpaired) electrons. The maximum absolute atomic E-state index is 11.9. The Hall–Kier alpha value is -3.42. The molecule has 23 heavy (non-hydrogen) atoms. The van der Waals surface area contributed by atoms with Gasteiger partial charge in [0, 0.05) is 17.7 Å². The van der Waals surface area contributed by atoms with Crippen molar-refractivity contribution in [3.05, 3.63) is 63.7 Å². The minimum atomic E-state index is -0.563. The molecular formula is C15H11N3O5. The molecule has 8 nitrogen and oxygen atoms in total. The zero-order valence-electron chi connectivity index (χ0n) is 11.8. The van der Waals surface area contributed by atoms with Gasteiger partial charge in [-0.15, -0.1) is 0 Å². The van der Waals surface area contributed by atoms with Gasteiger partial charge in [0.2, 0.25) is 6.79 Å². The SMILES string of the molecule is O=C(N/N=C\c1ccc2c(c1)OCO2)c1cccc([N+](=O)[O-])c1. The van der Waals surface area contributed by atoms with Crippen LogP contribution in [0.25, 0.3) is 0 Å². The predicted molar refractivity (Wildman–Crippen MR) is 80.7 cm³/mol. The molecule has 0 atom stereocenters. The van der Waals surface area contributed by atoms with Crippen molar-refractivity contribution in [3.8, 4) is 11.5 Å². The number of carbonyl (C=O) groups is 1. The van der Waals surface area contributed by atoms with Crippen molar-refractivity contribution in [3.63, 3.8) is 0 Å². The number of ether oxygens (including phenoxy) is 2. The van der Waals surface area contributed by atoms with Crippen LogP contribution in [-0.2, 0) is 0 Å². The number of rotatable bonds is 4. The number of benzene rings is 2. The largest absolute Gasteiger partial charge is 0.454 e. The summed E-state index contributed by atoms with van der Waals surface area (Å²) >= 11 is 0. The molecule has 1 aliphatic rings. The third-order valence-electron chi connectivity index (χ3n) is 3.10. The quantitative estimate of drug-likeness (QED) is 0.529. The summed E-state index contributed by atoms with van der Waals surface area (Å²) in [4.78, 5) is 22.0. The molecule has 0 saturated carbocycles. The lowest BCUT2D eigenvalue weighted by molar-refractivity contribution is -0.384. The zero-order valence-corrected chi connectivity index (χ0v) is 11.8. The normalized spacial score (nSPS) is 12.3. The van der Waals surface area contributed by atoms with Crippen molar-refractivity contribution in [2.75, 3.05) is 6.79 Å². The topological polar surface area (TPSA) is 103 Å². The third-order valence-corrected chi connectivity index (χ3v) is 3.10. The van der Waals surface area contributed by atoms with Gasteiger partial charge >= 0.3 is 0 Å². The number of hydrazone groups is 1. The maximum Gasteiger partial charge on any atom is 0.271 e. The Morgan fingerprint density at radius 3 is 2.87 bits per heavy atom. The van der Waals surface area contributed by atoms with Crippen molar-refractivity contribution < 1.29 is 19.2 Å². The van der Waals surface area contributed by atoms with Gasteiger partial charge in [0.15, 0.2) is 11.5 Å². The number of nitro groups is 1. The molecule has 3 rings (SSSR count). The van der Waals surface area contributed by atoms with Gasteiger partial charge in [0.05, 0.1) is 11.1 Å². The van der Waals surface area contributed by atoms with Crippen molar-refractivity contribution in [2.24, 2.45) is 5.10 Å². The zero-order chi connectivity index (χ0) is 16.2. The number of hydrogen-bond acceptors (Lipinski definition) is 6. The number of carbonyl (C=O) groups excluding carboxylic acids is 1. The molecule has 116 valence electrons. The van der Waals surface area contributed by atoms with Gasteiger partial charge in [0.1, 0.15) is 0 Å². The van der Waals surface area contributed by atoms with Crippen LogP contribution in [-0.4, -0.2) is 23.8 Å². The molecule has 1 heterocycles. The molecule has 0 bridgehead atoms. The summed E-state index contributed by atoms with van der Waals surface area (Å²) in [6.45, 7) is 0.180. The first-order valence-corrected chi connectivity index (χ1v) is 6.61. The van der Waals surface area contributed by atoms with Crippen LogP contribution in [0.4, 0.5) is 5.69 Å². The van der Waals surface area contributed by atoms with E-state index in [0.717, 1.165) is 0 Å². The molecule has 2 aromatic rings. The molecule has 1 aliphatic heterocycles. The van der Waals surface area contributed by atoms with Gasteiger partial charge in [-0.2, -0.15) is 5.10 Å². The van der Waals surface area contributed by atoms with E-state index in [2.05, 4.69) is 10.5 Å². The Bertz CT molecular complexity index is 803. The van der Waals surface area contributed by atoms with E-state index in [4.69, 9.17) is 9.47 Å². The van der Waals surface area contributed by atoms with Gasteiger partial charge in [-0.1, -0.05) is 6.07 Å². The van der Waals surface area contributed by atoms with Crippen LogP contribution in [0.1, 0.15) is 15.9 Å². The third kappa shape index (κ3) is 3.26. The molecule has 2 aromatic carbocycles. The van der Waals surface area contributed by atoms with Crippen LogP contribution in [0.15, 0.2) is 47.6 Å². The summed E-state index contributed by atoms with van der Waals surface area (Å²) in [5, 5.41) is 14.5. The summed E-state index contributed by atoms with van der Waals surface area (Å²) in [5.74, 6) is 0.729. The summed E-state index contributed by atoms with van der Waals surface area (Å²) in [6.07, 6.45) is 1.44. The molecule has 1 amide bonds. The summed E-state index contributed by atoms with van der Waals surface area (Å²) in [7, 11) is 0. The van der Waals surface area contributed by atoms with Crippen molar-refractivity contribution in [1.82, 2.24) is 5.43 Å². The van der Waals surface area contributed by atoms with Crippen LogP contribution in [0.5, 0.6) is 11.5 Å². The second-order valence-electron chi connectivity index (χ2n) is 4.62. The Morgan fingerprint density at radius 1 is 1.22 bits per heavy atom. The van der Waals surface area contributed by atoms with Gasteiger partial charge in [-0.25, -0.2) is 5.43 Å². The van der Waals surface area contributed by atoms with E-state index in [1.807, 2.05) is 0 Å². The lowest BCUT2D eigenvalue weighted by Crippen LogP contribution is -2.17. The lowest BCUT2D eigenvalue weighted by Gasteiger charge is -2.00. The minimum Gasteiger partial charge on any atom is -0.454 e. The fourth-order valence-corrected chi connectivity index (χ4v) is 1.98. The fraction of sp³-hybridized carbons (Fsp3) is 0.0667. The molecule has 0 aliphatic carbocycles. The number of fused-ring (bicyclic) bond motifs is 1. The first-order valence-electron chi connectivity index (χ1n) is 6.61. The van der Waals surface area contributed by atoms with E-state index in [1.54, 1.807) is 18.2 Å². The minimum absolute atomic E-state index is 0.155. The Morgan fingerprint density at radius 2 is 2.04 bits per heavy atom. The van der Waals surface area contributed by atoms with Crippen LogP contribution in [0.2, 0.25) is 0 Å². The second-order valence-corrected chi connectivity index (χ2v) is 4.62. The van der Waals surface area contributed by atoms with E-state index in [9.17, 15) is 14.9 Å². The smallest absolute Gasteiger partial charge is 0.271 e. The predicted octanol–water partition coefficient (Wildman–Crippen LogP) is 2.09. The van der Waals surface area contributed by atoms with E-state index in [1.165, 1.54) is 30.5 Å². The summed E-state index contributed by atoms with van der Waals surface area (Å²) in [6, 6.07) is 10.6. The average Bonchev–Trinajstić information content (AvgIpc) is 3.02. The molecule has 0 aromatic heterocycles. The maximum atomic E-state index is 11.9. The number of nitrogens with one attached hydrogen (secondary N) is 1. The highest BCUT2D eigenvalue weighted by molar-refractivity contribution is 5.95. The van der Waals surface area contributed by atoms with Gasteiger partial charge in [-0.3, -0.25) is 14.9 Å². The number of amides is 1. The highest BCUT2D eigenvalue weighted by atomic mass is 16.7. The van der Waals surface area contributed by atoms with Crippen LogP contribution >= 0.6 is 0 Å². The van der Waals surface area contributed by atoms with Gasteiger partial charge in [0.25, 0.3) is 11.6 Å². The molecule has 8 heteroatoms. The molecule has 0 saturated heterocycles. The number of hydrogen-bond donors (Lipinski definition) is 1. The van der Waals surface area contributed by atoms with Crippen LogP contribution < -0.4 is 14.9 Å². The Kier molecular flexibility index (Phi) is 3.88. The van der Waals surface area contributed by atoms with Crippen LogP contribution in [0.3, 0.4) is 0 Å². The molecule has 0 unspecified atom stereocenters. The Labute approximate surface area is 130 Å². The van der Waals surface area contributed by atoms with Crippen molar-refractivity contribution >= 4 is 17.8 Å².